The fourth-order valence-corrected chi connectivity index (χ4v) is 2.95. The fourth-order valence-electron chi connectivity index (χ4n) is 2.95. The first-order valence-corrected chi connectivity index (χ1v) is 5.71. The summed E-state index contributed by atoms with van der Waals surface area (Å²) in [4.78, 5) is 6.99. The molecule has 0 bridgehead atoms. The van der Waals surface area contributed by atoms with Gasteiger partial charge in [-0.05, 0) is 29.7 Å². The van der Waals surface area contributed by atoms with Crippen LogP contribution in [-0.2, 0) is 6.42 Å². The average Bonchev–Trinajstić information content (AvgIpc) is 2.85. The van der Waals surface area contributed by atoms with E-state index in [-0.39, 0.29) is 0 Å². The van der Waals surface area contributed by atoms with Crippen LogP contribution in [-0.4, -0.2) is 18.3 Å². The molecule has 0 aliphatic carbocycles. The number of allylic oxidation sites excluding steroid dienone is 1. The van der Waals surface area contributed by atoms with E-state index < -0.39 is 0 Å². The molecule has 0 N–H and O–H groups in total. The molecule has 2 heteroatoms. The predicted octanol–water partition coefficient (Wildman–Crippen LogP) is 2.32. The predicted molar refractivity (Wildman–Crippen MR) is 65.9 cm³/mol. The van der Waals surface area contributed by atoms with E-state index in [4.69, 9.17) is 0 Å². The molecule has 2 nitrogen and oxygen atoms in total. The molecule has 0 radical (unpaired) electrons. The minimum Gasteiger partial charge on any atom is -0.341 e. The van der Waals surface area contributed by atoms with Gasteiger partial charge in [-0.1, -0.05) is 24.3 Å². The van der Waals surface area contributed by atoms with Crippen LogP contribution in [0.1, 0.15) is 5.56 Å². The topological polar surface area (TPSA) is 15.6 Å². The number of dihydropyridines is 1. The summed E-state index contributed by atoms with van der Waals surface area (Å²) in [5.74, 6) is 0. The first kappa shape index (κ1) is 8.34. The zero-order valence-corrected chi connectivity index (χ0v) is 8.88. The van der Waals surface area contributed by atoms with E-state index in [0.29, 0.717) is 12.1 Å². The van der Waals surface area contributed by atoms with E-state index >= 15 is 0 Å². The van der Waals surface area contributed by atoms with Crippen LogP contribution in [0.2, 0.25) is 0 Å². The molecular weight excluding hydrogens is 196 g/mol. The molecule has 0 saturated heterocycles. The Bertz CT molecular complexity index is 539. The monoisotopic (exact) mass is 208 g/mol. The molecule has 0 fully saturated rings. The van der Waals surface area contributed by atoms with Crippen molar-refractivity contribution in [3.05, 3.63) is 53.8 Å². The van der Waals surface area contributed by atoms with Crippen molar-refractivity contribution in [1.29, 1.82) is 0 Å². The summed E-state index contributed by atoms with van der Waals surface area (Å²) in [5, 5.41) is 0. The number of anilines is 1. The molecule has 3 aliphatic heterocycles. The summed E-state index contributed by atoms with van der Waals surface area (Å²) in [5.41, 5.74) is 4.16. The molecule has 2 atom stereocenters. The third-order valence-electron chi connectivity index (χ3n) is 3.67. The quantitative estimate of drug-likeness (QED) is 0.639. The van der Waals surface area contributed by atoms with Gasteiger partial charge in [-0.25, -0.2) is 0 Å². The van der Waals surface area contributed by atoms with Gasteiger partial charge >= 0.3 is 0 Å². The highest BCUT2D eigenvalue weighted by atomic mass is 15.2. The van der Waals surface area contributed by atoms with Gasteiger partial charge in [0.05, 0.1) is 12.1 Å². The highest BCUT2D eigenvalue weighted by Gasteiger charge is 2.40. The first-order chi connectivity index (χ1) is 7.93. The molecule has 0 aromatic heterocycles. The minimum atomic E-state index is 0.345. The SMILES string of the molecule is C1=CC2=CN3c4ccccc4CC3C2N=C1. The number of hydrogen-bond donors (Lipinski definition) is 0. The van der Waals surface area contributed by atoms with Crippen LogP contribution in [0.15, 0.2) is 53.2 Å². The standard InChI is InChI=1S/C14H12N2/c1-2-6-12-10(4-1)8-13-14-11(9-16(12)13)5-3-7-15-14/h1-7,9,13-14H,8H2. The Morgan fingerprint density at radius 2 is 2.19 bits per heavy atom. The number of para-hydroxylation sites is 1. The van der Waals surface area contributed by atoms with E-state index in [9.17, 15) is 0 Å². The molecule has 0 saturated carbocycles. The van der Waals surface area contributed by atoms with E-state index in [0.717, 1.165) is 6.42 Å². The molecule has 0 spiro atoms. The third kappa shape index (κ3) is 0.941. The lowest BCUT2D eigenvalue weighted by molar-refractivity contribution is 0.632. The van der Waals surface area contributed by atoms with Gasteiger partial charge in [0.15, 0.2) is 0 Å². The van der Waals surface area contributed by atoms with E-state index in [1.54, 1.807) is 0 Å². The highest BCUT2D eigenvalue weighted by Crippen LogP contribution is 2.41. The summed E-state index contributed by atoms with van der Waals surface area (Å²) in [6, 6.07) is 9.52. The maximum absolute atomic E-state index is 4.60. The van der Waals surface area contributed by atoms with Crippen molar-refractivity contribution in [3.8, 4) is 0 Å². The molecule has 1 aromatic rings. The molecule has 3 aliphatic rings. The average molecular weight is 208 g/mol. The van der Waals surface area contributed by atoms with Crippen molar-refractivity contribution < 1.29 is 0 Å². The number of rotatable bonds is 0. The number of hydrogen-bond acceptors (Lipinski definition) is 2. The molecule has 4 rings (SSSR count). The van der Waals surface area contributed by atoms with Crippen molar-refractivity contribution in [1.82, 2.24) is 0 Å². The second-order valence-electron chi connectivity index (χ2n) is 4.54. The second-order valence-corrected chi connectivity index (χ2v) is 4.54. The van der Waals surface area contributed by atoms with Crippen LogP contribution in [0.4, 0.5) is 5.69 Å². The van der Waals surface area contributed by atoms with Crippen molar-refractivity contribution in [3.63, 3.8) is 0 Å². The lowest BCUT2D eigenvalue weighted by Gasteiger charge is -2.21. The van der Waals surface area contributed by atoms with Crippen molar-refractivity contribution in [2.45, 2.75) is 18.5 Å². The van der Waals surface area contributed by atoms with Crippen molar-refractivity contribution in [2.24, 2.45) is 4.99 Å². The normalized spacial score (nSPS) is 28.8. The lowest BCUT2D eigenvalue weighted by atomic mass is 9.98. The summed E-state index contributed by atoms with van der Waals surface area (Å²) in [7, 11) is 0. The Labute approximate surface area is 94.6 Å². The summed E-state index contributed by atoms with van der Waals surface area (Å²) >= 11 is 0. The summed E-state index contributed by atoms with van der Waals surface area (Å²) in [6.07, 6.45) is 9.50. The third-order valence-corrected chi connectivity index (χ3v) is 3.67. The zero-order chi connectivity index (χ0) is 10.5. The summed E-state index contributed by atoms with van der Waals surface area (Å²) in [6.45, 7) is 0. The van der Waals surface area contributed by atoms with Gasteiger partial charge in [-0.15, -0.1) is 0 Å². The van der Waals surface area contributed by atoms with Crippen LogP contribution < -0.4 is 4.90 Å². The number of nitrogens with zero attached hydrogens (tertiary/aromatic N) is 2. The largest absolute Gasteiger partial charge is 0.341 e. The van der Waals surface area contributed by atoms with E-state index in [1.807, 2.05) is 12.3 Å². The second kappa shape index (κ2) is 2.85. The molecule has 16 heavy (non-hydrogen) atoms. The molecule has 2 unspecified atom stereocenters. The Hall–Kier alpha value is -1.83. The maximum atomic E-state index is 4.60. The van der Waals surface area contributed by atoms with Gasteiger partial charge < -0.3 is 4.90 Å². The summed E-state index contributed by atoms with van der Waals surface area (Å²) < 4.78 is 0. The molecule has 78 valence electrons. The van der Waals surface area contributed by atoms with Crippen molar-refractivity contribution in [2.75, 3.05) is 4.90 Å². The highest BCUT2D eigenvalue weighted by molar-refractivity contribution is 5.77. The van der Waals surface area contributed by atoms with Crippen LogP contribution in [0.3, 0.4) is 0 Å². The van der Waals surface area contributed by atoms with E-state index in [2.05, 4.69) is 46.4 Å². The van der Waals surface area contributed by atoms with Crippen LogP contribution in [0.5, 0.6) is 0 Å². The number of benzene rings is 1. The molecule has 3 heterocycles. The Balaban J connectivity index is 1.85. The Kier molecular flexibility index (Phi) is 1.48. The molecule has 1 aromatic carbocycles. The van der Waals surface area contributed by atoms with Gasteiger partial charge in [0, 0.05) is 18.1 Å². The van der Waals surface area contributed by atoms with Gasteiger partial charge in [0.2, 0.25) is 0 Å². The van der Waals surface area contributed by atoms with E-state index in [1.165, 1.54) is 16.8 Å². The van der Waals surface area contributed by atoms with Crippen molar-refractivity contribution >= 4 is 11.9 Å². The van der Waals surface area contributed by atoms with Crippen LogP contribution in [0, 0.1) is 0 Å². The Morgan fingerprint density at radius 1 is 1.25 bits per heavy atom. The van der Waals surface area contributed by atoms with Gasteiger partial charge in [0.25, 0.3) is 0 Å². The lowest BCUT2D eigenvalue weighted by Crippen LogP contribution is -2.32. The van der Waals surface area contributed by atoms with Gasteiger partial charge in [0.1, 0.15) is 0 Å². The molecular formula is C14H12N2. The van der Waals surface area contributed by atoms with Crippen LogP contribution >= 0.6 is 0 Å². The zero-order valence-electron chi connectivity index (χ0n) is 8.88. The number of fused-ring (bicyclic) bond motifs is 5. The fraction of sp³-hybridized carbons (Fsp3) is 0.214. The van der Waals surface area contributed by atoms with Crippen LogP contribution in [0.25, 0.3) is 0 Å². The smallest absolute Gasteiger partial charge is 0.0973 e. The minimum absolute atomic E-state index is 0.345. The Morgan fingerprint density at radius 3 is 3.19 bits per heavy atom. The maximum Gasteiger partial charge on any atom is 0.0973 e. The van der Waals surface area contributed by atoms with Gasteiger partial charge in [-0.2, -0.15) is 0 Å². The molecule has 0 amide bonds. The number of aliphatic imine (C=N–C) groups is 1. The van der Waals surface area contributed by atoms with Gasteiger partial charge in [-0.3, -0.25) is 4.99 Å². The first-order valence-electron chi connectivity index (χ1n) is 5.71.